The summed E-state index contributed by atoms with van der Waals surface area (Å²) in [5.41, 5.74) is -0.557. The van der Waals surface area contributed by atoms with Gasteiger partial charge in [0.25, 0.3) is 0 Å². The molecule has 1 aromatic heterocycles. The van der Waals surface area contributed by atoms with Gasteiger partial charge in [-0.3, -0.25) is 14.4 Å². The Morgan fingerprint density at radius 1 is 0.854 bits per heavy atom. The number of phenolic OH excluding ortho intramolecular Hbond substituents is 2. The number of Topliss-reactive ketones (excluding diaryl/α,β-unsaturated/α-hetero) is 2. The molecule has 48 heavy (non-hydrogen) atoms. The summed E-state index contributed by atoms with van der Waals surface area (Å²) in [6.07, 6.45) is 0.225. The van der Waals surface area contributed by atoms with Crippen LogP contribution in [-0.4, -0.2) is 70.5 Å². The number of fused-ring (bicyclic) bond motifs is 1. The molecule has 0 fully saturated rings. The summed E-state index contributed by atoms with van der Waals surface area (Å²) >= 11 is 0. The van der Waals surface area contributed by atoms with E-state index in [0.29, 0.717) is 5.56 Å². The minimum Gasteiger partial charge on any atom is -0.508 e. The Morgan fingerprint density at radius 2 is 1.46 bits per heavy atom. The molecule has 0 bridgehead atoms. The van der Waals surface area contributed by atoms with Crippen LogP contribution < -0.4 is 26.1 Å². The highest BCUT2D eigenvalue weighted by Crippen LogP contribution is 2.31. The van der Waals surface area contributed by atoms with Crippen molar-refractivity contribution in [3.63, 3.8) is 0 Å². The van der Waals surface area contributed by atoms with Crippen molar-refractivity contribution in [3.05, 3.63) is 52.9 Å². The summed E-state index contributed by atoms with van der Waals surface area (Å²) in [4.78, 5) is 75.5. The Kier molecular flexibility index (Phi) is 12.7. The van der Waals surface area contributed by atoms with Gasteiger partial charge < -0.3 is 49.6 Å². The number of nitrogens with one attached hydrogen (secondary N) is 3. The molecule has 3 aromatic rings. The number of benzene rings is 2. The van der Waals surface area contributed by atoms with E-state index in [1.807, 2.05) is 0 Å². The average Bonchev–Trinajstić information content (AvgIpc) is 2.98. The zero-order valence-electron chi connectivity index (χ0n) is 27.5. The third kappa shape index (κ3) is 11.1. The first-order valence-corrected chi connectivity index (χ1v) is 15.3. The molecule has 0 saturated heterocycles. The average molecular weight is 668 g/mol. The summed E-state index contributed by atoms with van der Waals surface area (Å²) in [6.45, 7) is 7.36. The number of carbonyl (C=O) groups is 5. The van der Waals surface area contributed by atoms with Gasteiger partial charge in [0, 0.05) is 25.0 Å². The Morgan fingerprint density at radius 3 is 2.04 bits per heavy atom. The van der Waals surface area contributed by atoms with Gasteiger partial charge >= 0.3 is 6.09 Å². The van der Waals surface area contributed by atoms with E-state index in [-0.39, 0.29) is 84.2 Å². The van der Waals surface area contributed by atoms with Gasteiger partial charge in [-0.2, -0.15) is 0 Å². The Balaban J connectivity index is 1.72. The fourth-order valence-electron chi connectivity index (χ4n) is 4.57. The molecule has 3 rings (SSSR count). The largest absolute Gasteiger partial charge is 0.508 e. The predicted octanol–water partition coefficient (Wildman–Crippen LogP) is 3.48. The predicted molar refractivity (Wildman–Crippen MR) is 175 cm³/mol. The van der Waals surface area contributed by atoms with Gasteiger partial charge in [0.1, 0.15) is 70.3 Å². The van der Waals surface area contributed by atoms with Crippen LogP contribution in [0.4, 0.5) is 4.79 Å². The Labute approximate surface area is 276 Å². The van der Waals surface area contributed by atoms with Crippen molar-refractivity contribution < 1.29 is 48.1 Å². The first kappa shape index (κ1) is 37.1. The van der Waals surface area contributed by atoms with Gasteiger partial charge in [0.05, 0.1) is 12.1 Å². The lowest BCUT2D eigenvalue weighted by molar-refractivity contribution is -0.131. The summed E-state index contributed by atoms with van der Waals surface area (Å²) in [5.74, 6) is -2.03. The maximum Gasteiger partial charge on any atom is 0.408 e. The molecular formula is C34H41N3O11. The van der Waals surface area contributed by atoms with Crippen molar-refractivity contribution >= 4 is 40.4 Å². The molecule has 0 spiro atoms. The number of ketones is 2. The van der Waals surface area contributed by atoms with Crippen LogP contribution in [0.1, 0.15) is 60.3 Å². The number of aromatic hydroxyl groups is 2. The number of ether oxygens (including phenoxy) is 2. The quantitative estimate of drug-likeness (QED) is 0.148. The van der Waals surface area contributed by atoms with E-state index in [9.17, 15) is 39.0 Å². The molecule has 5 N–H and O–H groups in total. The van der Waals surface area contributed by atoms with Crippen LogP contribution in [0.2, 0.25) is 0 Å². The molecule has 0 aliphatic carbocycles. The highest BCUT2D eigenvalue weighted by molar-refractivity contribution is 5.92. The van der Waals surface area contributed by atoms with Gasteiger partial charge in [-0.15, -0.1) is 0 Å². The molecule has 0 saturated carbocycles. The van der Waals surface area contributed by atoms with Gasteiger partial charge in [0.15, 0.2) is 0 Å². The standard InChI is InChI=1S/C34H41N3O11/c1-19(38)6-12-25(36-32(44)26(13-7-20(2)39)37-33(45)48-34(3,4)5)31(43)35-14-15-46-27-16-23(41)17-28-29(27)30(42)24(18-47-28)21-8-10-22(40)11-9-21/h8-11,16-18,25-26,40-41H,6-7,12-15H2,1-5H3,(H,35,43)(H,36,44)(H,37,45)/t25-,26-/m1/s1. The molecule has 0 aliphatic rings. The highest BCUT2D eigenvalue weighted by atomic mass is 16.6. The molecule has 258 valence electrons. The van der Waals surface area contributed by atoms with E-state index in [0.717, 1.165) is 0 Å². The van der Waals surface area contributed by atoms with Crippen molar-refractivity contribution in [3.8, 4) is 28.4 Å². The summed E-state index contributed by atoms with van der Waals surface area (Å²) in [7, 11) is 0. The molecular weight excluding hydrogens is 626 g/mol. The van der Waals surface area contributed by atoms with Crippen molar-refractivity contribution in [2.75, 3.05) is 13.2 Å². The number of hydrogen-bond acceptors (Lipinski definition) is 11. The molecule has 14 nitrogen and oxygen atoms in total. The van der Waals surface area contributed by atoms with E-state index in [1.165, 1.54) is 44.4 Å². The number of phenols is 2. The van der Waals surface area contributed by atoms with Gasteiger partial charge in [0.2, 0.25) is 17.2 Å². The molecule has 0 unspecified atom stereocenters. The summed E-state index contributed by atoms with van der Waals surface area (Å²) < 4.78 is 16.6. The Bertz CT molecular complexity index is 1710. The fraction of sp³-hybridized carbons (Fsp3) is 0.412. The van der Waals surface area contributed by atoms with Gasteiger partial charge in [-0.1, -0.05) is 12.1 Å². The van der Waals surface area contributed by atoms with Crippen LogP contribution in [-0.2, 0) is 23.9 Å². The lowest BCUT2D eigenvalue weighted by Crippen LogP contribution is -2.54. The number of amides is 3. The fourth-order valence-corrected chi connectivity index (χ4v) is 4.57. The van der Waals surface area contributed by atoms with Gasteiger partial charge in [-0.05, 0) is 65.2 Å². The minimum absolute atomic E-state index is 0.00316. The van der Waals surface area contributed by atoms with Crippen LogP contribution >= 0.6 is 0 Å². The number of rotatable bonds is 15. The van der Waals surface area contributed by atoms with Crippen LogP contribution in [0, 0.1) is 0 Å². The molecule has 1 heterocycles. The molecule has 3 amide bonds. The van der Waals surface area contributed by atoms with E-state index >= 15 is 0 Å². The lowest BCUT2D eigenvalue weighted by Gasteiger charge is -2.25. The summed E-state index contributed by atoms with van der Waals surface area (Å²) in [5, 5.41) is 27.4. The minimum atomic E-state index is -1.20. The maximum atomic E-state index is 13.4. The maximum absolute atomic E-state index is 13.4. The zero-order valence-corrected chi connectivity index (χ0v) is 27.5. The Hall–Kier alpha value is -5.40. The first-order valence-electron chi connectivity index (χ1n) is 15.3. The summed E-state index contributed by atoms with van der Waals surface area (Å²) in [6, 6.07) is 6.05. The van der Waals surface area contributed by atoms with Crippen LogP contribution in [0.25, 0.3) is 22.1 Å². The number of hydrogen-bond donors (Lipinski definition) is 5. The van der Waals surface area contributed by atoms with Crippen molar-refractivity contribution in [2.45, 2.75) is 78.0 Å². The molecule has 0 aliphatic heterocycles. The highest BCUT2D eigenvalue weighted by Gasteiger charge is 2.29. The first-order chi connectivity index (χ1) is 22.5. The second-order valence-corrected chi connectivity index (χ2v) is 12.2. The molecule has 0 radical (unpaired) electrons. The monoisotopic (exact) mass is 667 g/mol. The molecule has 14 heteroatoms. The number of alkyl carbamates (subject to hydrolysis) is 1. The zero-order chi connectivity index (χ0) is 35.6. The second kappa shape index (κ2) is 16.4. The van der Waals surface area contributed by atoms with E-state index < -0.39 is 41.0 Å². The third-order valence-corrected chi connectivity index (χ3v) is 6.87. The normalized spacial score (nSPS) is 12.4. The van der Waals surface area contributed by atoms with Crippen molar-refractivity contribution in [1.82, 2.24) is 16.0 Å². The van der Waals surface area contributed by atoms with Crippen LogP contribution in [0.15, 0.2) is 51.9 Å². The van der Waals surface area contributed by atoms with Crippen molar-refractivity contribution in [1.29, 1.82) is 0 Å². The topological polar surface area (TPSA) is 211 Å². The second-order valence-electron chi connectivity index (χ2n) is 12.2. The lowest BCUT2D eigenvalue weighted by atomic mass is 10.0. The van der Waals surface area contributed by atoms with Crippen LogP contribution in [0.3, 0.4) is 0 Å². The van der Waals surface area contributed by atoms with Gasteiger partial charge in [-0.25, -0.2) is 4.79 Å². The van der Waals surface area contributed by atoms with Crippen molar-refractivity contribution in [2.24, 2.45) is 0 Å². The van der Waals surface area contributed by atoms with E-state index in [4.69, 9.17) is 13.9 Å². The number of carbonyl (C=O) groups excluding carboxylic acids is 5. The van der Waals surface area contributed by atoms with Crippen LogP contribution in [0.5, 0.6) is 17.2 Å². The van der Waals surface area contributed by atoms with E-state index in [1.54, 1.807) is 32.9 Å². The molecule has 2 atom stereocenters. The SMILES string of the molecule is CC(=O)CC[C@@H](NC(=O)OC(C)(C)C)C(=O)N[C@H](CCC(C)=O)C(=O)NCCOc1cc(O)cc2occ(-c3ccc(O)cc3)c(=O)c12. The molecule has 2 aromatic carbocycles. The van der Waals surface area contributed by atoms with E-state index in [2.05, 4.69) is 16.0 Å². The third-order valence-electron chi connectivity index (χ3n) is 6.87. The smallest absolute Gasteiger partial charge is 0.408 e.